The van der Waals surface area contributed by atoms with Crippen molar-refractivity contribution in [1.29, 1.82) is 0 Å². The Morgan fingerprint density at radius 2 is 1.91 bits per heavy atom. The molecule has 1 aromatic carbocycles. The van der Waals surface area contributed by atoms with Gasteiger partial charge in [0.2, 0.25) is 12.7 Å². The molecule has 3 amide bonds. The summed E-state index contributed by atoms with van der Waals surface area (Å²) in [5.74, 6) is 1.65. The zero-order chi connectivity index (χ0) is 22.1. The third-order valence-electron chi connectivity index (χ3n) is 5.43. The topological polar surface area (TPSA) is 127 Å². The quantitative estimate of drug-likeness (QED) is 0.601. The molecule has 5 rings (SSSR count). The minimum absolute atomic E-state index is 0.133. The van der Waals surface area contributed by atoms with E-state index in [9.17, 15) is 9.59 Å². The normalized spacial score (nSPS) is 15.7. The summed E-state index contributed by atoms with van der Waals surface area (Å²) in [6.07, 6.45) is 3.31. The van der Waals surface area contributed by atoms with E-state index in [-0.39, 0.29) is 19.2 Å². The minimum atomic E-state index is -0.590. The summed E-state index contributed by atoms with van der Waals surface area (Å²) in [6.45, 7) is 3.04. The fraction of sp³-hybridized carbons (Fsp3) is 0.350. The Hall–Kier alpha value is -3.93. The van der Waals surface area contributed by atoms with Gasteiger partial charge in [-0.05, 0) is 12.1 Å². The Balaban J connectivity index is 1.11. The molecule has 2 aromatic heterocycles. The number of rotatable bonds is 4. The number of carbonyl (C=O) groups is 2. The first kappa shape index (κ1) is 20.0. The van der Waals surface area contributed by atoms with Gasteiger partial charge in [-0.3, -0.25) is 19.7 Å². The summed E-state index contributed by atoms with van der Waals surface area (Å²) >= 11 is 0. The average Bonchev–Trinajstić information content (AvgIpc) is 3.40. The molecule has 1 saturated heterocycles. The summed E-state index contributed by atoms with van der Waals surface area (Å²) in [6, 6.07) is 4.45. The van der Waals surface area contributed by atoms with Gasteiger partial charge in [0.1, 0.15) is 12.1 Å². The van der Waals surface area contributed by atoms with Crippen LogP contribution in [0.2, 0.25) is 0 Å². The lowest BCUT2D eigenvalue weighted by atomic mass is 10.2. The van der Waals surface area contributed by atoms with E-state index in [4.69, 9.17) is 9.47 Å². The molecule has 0 atom stereocenters. The number of hydrogen-bond acceptors (Lipinski definition) is 9. The lowest BCUT2D eigenvalue weighted by molar-refractivity contribution is -0.121. The van der Waals surface area contributed by atoms with E-state index in [0.717, 1.165) is 16.9 Å². The molecule has 166 valence electrons. The zero-order valence-electron chi connectivity index (χ0n) is 17.4. The number of piperazine rings is 1. The standard InChI is InChI=1S/C20H22N8O4/c1-26-18-14(9-23-26)19(22-11-21-18)28-6-4-27(5-7-28)10-17(29)25-20(30)24-13-2-3-15-16(8-13)32-12-31-15/h2-3,8-9,11H,4-7,10,12H2,1H3,(H2,24,25,29,30). The van der Waals surface area contributed by atoms with E-state index in [0.29, 0.717) is 43.4 Å². The number of aryl methyl sites for hydroxylation is 1. The Bertz CT molecular complexity index is 1170. The molecule has 3 aromatic rings. The van der Waals surface area contributed by atoms with Crippen molar-refractivity contribution in [2.45, 2.75) is 0 Å². The second-order valence-electron chi connectivity index (χ2n) is 7.54. The largest absolute Gasteiger partial charge is 0.454 e. The fourth-order valence-corrected chi connectivity index (χ4v) is 3.83. The number of benzene rings is 1. The molecule has 2 aliphatic rings. The van der Waals surface area contributed by atoms with Crippen LogP contribution in [0.5, 0.6) is 11.5 Å². The number of ether oxygens (including phenoxy) is 2. The van der Waals surface area contributed by atoms with Crippen LogP contribution in [0.4, 0.5) is 16.3 Å². The number of aromatic nitrogens is 4. The van der Waals surface area contributed by atoms with E-state index < -0.39 is 6.03 Å². The molecular formula is C20H22N8O4. The molecule has 0 saturated carbocycles. The Morgan fingerprint density at radius 3 is 2.75 bits per heavy atom. The molecule has 0 aliphatic carbocycles. The number of fused-ring (bicyclic) bond motifs is 2. The summed E-state index contributed by atoms with van der Waals surface area (Å²) in [5.41, 5.74) is 1.30. The number of carbonyl (C=O) groups excluding carboxylic acids is 2. The molecule has 0 radical (unpaired) electrons. The van der Waals surface area contributed by atoms with Crippen LogP contribution in [0.15, 0.2) is 30.7 Å². The average molecular weight is 438 g/mol. The fourth-order valence-electron chi connectivity index (χ4n) is 3.83. The Kier molecular flexibility index (Phi) is 5.19. The van der Waals surface area contributed by atoms with Crippen LogP contribution in [0.3, 0.4) is 0 Å². The van der Waals surface area contributed by atoms with Gasteiger partial charge in [0.25, 0.3) is 0 Å². The van der Waals surface area contributed by atoms with Crippen molar-refractivity contribution < 1.29 is 19.1 Å². The van der Waals surface area contributed by atoms with Crippen molar-refractivity contribution in [3.63, 3.8) is 0 Å². The number of hydrogen-bond donors (Lipinski definition) is 2. The molecule has 2 aliphatic heterocycles. The van der Waals surface area contributed by atoms with Gasteiger partial charge in [0.05, 0.1) is 18.1 Å². The highest BCUT2D eigenvalue weighted by Gasteiger charge is 2.23. The summed E-state index contributed by atoms with van der Waals surface area (Å²) < 4.78 is 12.2. The molecule has 12 heteroatoms. The van der Waals surface area contributed by atoms with Gasteiger partial charge in [0.15, 0.2) is 17.1 Å². The predicted molar refractivity (Wildman–Crippen MR) is 115 cm³/mol. The maximum absolute atomic E-state index is 12.3. The van der Waals surface area contributed by atoms with Crippen LogP contribution in [0.25, 0.3) is 11.0 Å². The Morgan fingerprint density at radius 1 is 1.09 bits per heavy atom. The first-order valence-corrected chi connectivity index (χ1v) is 10.2. The number of nitrogens with zero attached hydrogens (tertiary/aromatic N) is 6. The molecule has 4 heterocycles. The van der Waals surface area contributed by atoms with E-state index in [1.807, 2.05) is 11.9 Å². The number of amides is 3. The van der Waals surface area contributed by atoms with Crippen molar-refractivity contribution >= 4 is 34.5 Å². The SMILES string of the molecule is Cn1ncc2c(N3CCN(CC(=O)NC(=O)Nc4ccc5c(c4)OCO5)CC3)ncnc21. The number of imide groups is 1. The van der Waals surface area contributed by atoms with Crippen molar-refractivity contribution in [2.75, 3.05) is 49.7 Å². The first-order valence-electron chi connectivity index (χ1n) is 10.2. The van der Waals surface area contributed by atoms with Crippen molar-refractivity contribution in [1.82, 2.24) is 30.0 Å². The van der Waals surface area contributed by atoms with Crippen molar-refractivity contribution in [3.05, 3.63) is 30.7 Å². The predicted octanol–water partition coefficient (Wildman–Crippen LogP) is 0.562. The van der Waals surface area contributed by atoms with Gasteiger partial charge in [-0.15, -0.1) is 0 Å². The number of nitrogens with one attached hydrogen (secondary N) is 2. The van der Waals surface area contributed by atoms with Gasteiger partial charge in [0, 0.05) is 45.0 Å². The van der Waals surface area contributed by atoms with Gasteiger partial charge in [-0.2, -0.15) is 5.10 Å². The monoisotopic (exact) mass is 438 g/mol. The molecule has 0 bridgehead atoms. The van der Waals surface area contributed by atoms with Gasteiger partial charge < -0.3 is 19.7 Å². The van der Waals surface area contributed by atoms with Crippen molar-refractivity contribution in [2.24, 2.45) is 7.05 Å². The van der Waals surface area contributed by atoms with Crippen LogP contribution in [0.1, 0.15) is 0 Å². The van der Waals surface area contributed by atoms with E-state index >= 15 is 0 Å². The lowest BCUT2D eigenvalue weighted by Gasteiger charge is -2.35. The first-order chi connectivity index (χ1) is 15.6. The second-order valence-corrected chi connectivity index (χ2v) is 7.54. The second kappa shape index (κ2) is 8.30. The highest BCUT2D eigenvalue weighted by molar-refractivity contribution is 6.01. The van der Waals surface area contributed by atoms with Crippen LogP contribution >= 0.6 is 0 Å². The highest BCUT2D eigenvalue weighted by Crippen LogP contribution is 2.34. The van der Waals surface area contributed by atoms with Gasteiger partial charge in [-0.25, -0.2) is 14.8 Å². The maximum atomic E-state index is 12.3. The summed E-state index contributed by atoms with van der Waals surface area (Å²) in [5, 5.41) is 10.2. The molecule has 12 nitrogen and oxygen atoms in total. The molecular weight excluding hydrogens is 416 g/mol. The Labute approximate surface area is 183 Å². The van der Waals surface area contributed by atoms with Crippen LogP contribution < -0.4 is 25.0 Å². The molecule has 0 spiro atoms. The van der Waals surface area contributed by atoms with Crippen LogP contribution in [-0.2, 0) is 11.8 Å². The van der Waals surface area contributed by atoms with E-state index in [2.05, 4.69) is 30.6 Å². The van der Waals surface area contributed by atoms with Gasteiger partial charge >= 0.3 is 6.03 Å². The molecule has 1 fully saturated rings. The lowest BCUT2D eigenvalue weighted by Crippen LogP contribution is -2.50. The van der Waals surface area contributed by atoms with Crippen LogP contribution in [-0.4, -0.2) is 76.1 Å². The summed E-state index contributed by atoms with van der Waals surface area (Å²) in [7, 11) is 1.85. The van der Waals surface area contributed by atoms with Crippen LogP contribution in [0, 0.1) is 0 Å². The molecule has 2 N–H and O–H groups in total. The maximum Gasteiger partial charge on any atom is 0.325 e. The zero-order valence-corrected chi connectivity index (χ0v) is 17.4. The van der Waals surface area contributed by atoms with Crippen molar-refractivity contribution in [3.8, 4) is 11.5 Å². The third kappa shape index (κ3) is 3.99. The molecule has 0 unspecified atom stereocenters. The highest BCUT2D eigenvalue weighted by atomic mass is 16.7. The number of anilines is 2. The van der Waals surface area contributed by atoms with E-state index in [1.165, 1.54) is 6.33 Å². The molecule has 32 heavy (non-hydrogen) atoms. The number of urea groups is 1. The third-order valence-corrected chi connectivity index (χ3v) is 5.43. The van der Waals surface area contributed by atoms with E-state index in [1.54, 1.807) is 29.1 Å². The smallest absolute Gasteiger partial charge is 0.325 e. The summed E-state index contributed by atoms with van der Waals surface area (Å²) in [4.78, 5) is 37.3. The minimum Gasteiger partial charge on any atom is -0.454 e. The van der Waals surface area contributed by atoms with Gasteiger partial charge in [-0.1, -0.05) is 0 Å².